The molecule has 0 N–H and O–H groups in total. The molecule has 0 heterocycles. The molecule has 1 saturated carbocycles. The number of alkyl halides is 11. The smallest absolute Gasteiger partial charge is 0.224 e. The van der Waals surface area contributed by atoms with E-state index in [1.54, 1.807) is 0 Å². The van der Waals surface area contributed by atoms with Crippen molar-refractivity contribution in [1.82, 2.24) is 0 Å². The van der Waals surface area contributed by atoms with Gasteiger partial charge < -0.3 is 0 Å². The molecular weight excluding hydrogens is 469 g/mol. The molecule has 0 spiro atoms. The maximum absolute atomic E-state index is 15.3. The van der Waals surface area contributed by atoms with Gasteiger partial charge in [0.2, 0.25) is 0 Å². The topological polar surface area (TPSA) is 0 Å². The third-order valence-corrected chi connectivity index (χ3v) is 7.34. The maximum Gasteiger partial charge on any atom is 0.384 e. The molecule has 3 rings (SSSR count). The van der Waals surface area contributed by atoms with Crippen LogP contribution in [0.5, 0.6) is 0 Å². The summed E-state index contributed by atoms with van der Waals surface area (Å²) in [4.78, 5) is -0.248. The van der Waals surface area contributed by atoms with Gasteiger partial charge in [-0.05, 0) is 24.3 Å². The molecule has 0 nitrogen and oxygen atoms in total. The third kappa shape index (κ3) is 2.89. The highest BCUT2D eigenvalue weighted by molar-refractivity contribution is 7.97. The number of benzene rings is 2. The Morgan fingerprint density at radius 3 is 1.06 bits per heavy atom. The van der Waals surface area contributed by atoms with Gasteiger partial charge in [0.15, 0.2) is 15.5 Å². The molecule has 31 heavy (non-hydrogen) atoms. The molecule has 0 amide bonds. The largest absolute Gasteiger partial charge is 0.384 e. The van der Waals surface area contributed by atoms with E-state index in [0.717, 1.165) is 24.3 Å². The monoisotopic (exact) mass is 481 g/mol. The van der Waals surface area contributed by atoms with Crippen LogP contribution in [-0.2, 0) is 10.9 Å². The fourth-order valence-electron chi connectivity index (χ4n) is 3.14. The first-order chi connectivity index (χ1) is 14.1. The van der Waals surface area contributed by atoms with E-state index >= 15 is 4.39 Å². The number of hydrogen-bond donors (Lipinski definition) is 0. The minimum Gasteiger partial charge on any atom is -0.224 e. The van der Waals surface area contributed by atoms with Crippen LogP contribution in [0.15, 0.2) is 70.5 Å². The Balaban J connectivity index is 2.24. The van der Waals surface area contributed by atoms with Crippen LogP contribution in [0.4, 0.5) is 48.3 Å². The molecule has 1 fully saturated rings. The lowest BCUT2D eigenvalue weighted by Gasteiger charge is -2.51. The fourth-order valence-corrected chi connectivity index (χ4v) is 5.48. The summed E-state index contributed by atoms with van der Waals surface area (Å²) in [6.45, 7) is 0. The van der Waals surface area contributed by atoms with Crippen LogP contribution in [0.25, 0.3) is 0 Å². The maximum atomic E-state index is 15.3. The lowest BCUT2D eigenvalue weighted by atomic mass is 9.73. The van der Waals surface area contributed by atoms with E-state index in [1.165, 1.54) is 36.4 Å². The van der Waals surface area contributed by atoms with Crippen molar-refractivity contribution < 1.29 is 48.3 Å². The van der Waals surface area contributed by atoms with Crippen molar-refractivity contribution in [3.8, 4) is 0 Å². The zero-order valence-electron chi connectivity index (χ0n) is 15.0. The standard InChI is InChI=1S/C19H12F11S/c20-14(11-31(12-7-3-1-4-8-12)13-9-5-2-6-10-13)15(21,22)17(25,26)19(29,30)18(27,28)16(14,23)24/h1-10H,11H2/q+1. The van der Waals surface area contributed by atoms with Crippen LogP contribution in [0.1, 0.15) is 0 Å². The Labute approximate surface area is 171 Å². The van der Waals surface area contributed by atoms with Crippen LogP contribution in [-0.4, -0.2) is 41.0 Å². The van der Waals surface area contributed by atoms with Gasteiger partial charge in [-0.25, -0.2) is 4.39 Å². The summed E-state index contributed by atoms with van der Waals surface area (Å²) in [5.74, 6) is -37.3. The molecule has 1 aliphatic carbocycles. The summed E-state index contributed by atoms with van der Waals surface area (Å²) >= 11 is 0. The van der Waals surface area contributed by atoms with E-state index < -0.39 is 51.9 Å². The van der Waals surface area contributed by atoms with E-state index in [2.05, 4.69) is 0 Å². The van der Waals surface area contributed by atoms with Crippen LogP contribution in [0.3, 0.4) is 0 Å². The molecule has 12 heteroatoms. The van der Waals surface area contributed by atoms with Gasteiger partial charge in [0.25, 0.3) is 5.67 Å². The van der Waals surface area contributed by atoms with Crippen molar-refractivity contribution >= 4 is 10.9 Å². The molecule has 1 aliphatic rings. The molecule has 0 aliphatic heterocycles. The van der Waals surface area contributed by atoms with E-state index in [1.807, 2.05) is 0 Å². The minimum atomic E-state index is -7.21. The van der Waals surface area contributed by atoms with Crippen molar-refractivity contribution in [3.05, 3.63) is 60.7 Å². The first-order valence-corrected chi connectivity index (χ1v) is 9.84. The SMILES string of the molecule is FC1(F)C(F)(F)C(F)(F)C(F)(C[S+](c2ccccc2)c2ccccc2)C(F)(F)C1(F)F. The first-order valence-electron chi connectivity index (χ1n) is 8.45. The fraction of sp³-hybridized carbons (Fsp3) is 0.368. The van der Waals surface area contributed by atoms with Crippen LogP contribution in [0.2, 0.25) is 0 Å². The second-order valence-electron chi connectivity index (χ2n) is 6.83. The Morgan fingerprint density at radius 2 is 0.742 bits per heavy atom. The summed E-state index contributed by atoms with van der Waals surface area (Å²) in [6.07, 6.45) is 0. The summed E-state index contributed by atoms with van der Waals surface area (Å²) < 4.78 is 155. The van der Waals surface area contributed by atoms with E-state index in [4.69, 9.17) is 0 Å². The highest BCUT2D eigenvalue weighted by Crippen LogP contribution is 2.69. The molecule has 0 unspecified atom stereocenters. The Bertz CT molecular complexity index is 859. The van der Waals surface area contributed by atoms with Gasteiger partial charge in [-0.1, -0.05) is 36.4 Å². The molecule has 0 saturated heterocycles. The number of hydrogen-bond acceptors (Lipinski definition) is 0. The normalized spacial score (nSPS) is 24.6. The van der Waals surface area contributed by atoms with Gasteiger partial charge in [0.05, 0.1) is 10.9 Å². The predicted molar refractivity (Wildman–Crippen MR) is 90.2 cm³/mol. The van der Waals surface area contributed by atoms with Crippen molar-refractivity contribution in [2.24, 2.45) is 0 Å². The van der Waals surface area contributed by atoms with Crippen molar-refractivity contribution in [2.75, 3.05) is 5.75 Å². The molecule has 0 aromatic heterocycles. The zero-order valence-corrected chi connectivity index (χ0v) is 15.9. The van der Waals surface area contributed by atoms with E-state index in [0.29, 0.717) is 0 Å². The second kappa shape index (κ2) is 7.01. The van der Waals surface area contributed by atoms with Gasteiger partial charge in [-0.2, -0.15) is 43.9 Å². The highest BCUT2D eigenvalue weighted by Gasteiger charge is 3.02. The van der Waals surface area contributed by atoms with Crippen molar-refractivity contribution in [1.29, 1.82) is 0 Å². The highest BCUT2D eigenvalue weighted by atomic mass is 32.2. The average Bonchev–Trinajstić information content (AvgIpc) is 2.71. The molecule has 2 aromatic rings. The number of halogens is 11. The van der Waals surface area contributed by atoms with Gasteiger partial charge in [-0.3, -0.25) is 0 Å². The van der Waals surface area contributed by atoms with Gasteiger partial charge in [-0.15, -0.1) is 0 Å². The summed E-state index contributed by atoms with van der Waals surface area (Å²) in [7, 11) is -2.22. The average molecular weight is 481 g/mol. The van der Waals surface area contributed by atoms with E-state index in [-0.39, 0.29) is 9.79 Å². The lowest BCUT2D eigenvalue weighted by molar-refractivity contribution is -0.481. The molecular formula is C19H12F11S+. The number of rotatable bonds is 4. The second-order valence-corrected chi connectivity index (χ2v) is 8.85. The van der Waals surface area contributed by atoms with Crippen LogP contribution < -0.4 is 0 Å². The van der Waals surface area contributed by atoms with Crippen molar-refractivity contribution in [2.45, 2.75) is 45.1 Å². The summed E-state index contributed by atoms with van der Waals surface area (Å²) in [5, 5.41) is 0. The first kappa shape index (κ1) is 23.7. The zero-order chi connectivity index (χ0) is 23.5. The van der Waals surface area contributed by atoms with Crippen molar-refractivity contribution in [3.63, 3.8) is 0 Å². The van der Waals surface area contributed by atoms with Crippen LogP contribution in [0, 0.1) is 0 Å². The Hall–Kier alpha value is -1.98. The summed E-state index contributed by atoms with van der Waals surface area (Å²) in [5.41, 5.74) is -6.01. The molecule has 170 valence electrons. The third-order valence-electron chi connectivity index (χ3n) is 4.97. The van der Waals surface area contributed by atoms with Gasteiger partial charge in [0, 0.05) is 0 Å². The molecule has 0 radical (unpaired) electrons. The van der Waals surface area contributed by atoms with Crippen LogP contribution >= 0.6 is 0 Å². The molecule has 0 atom stereocenters. The molecule has 0 bridgehead atoms. The van der Waals surface area contributed by atoms with E-state index in [9.17, 15) is 43.9 Å². The minimum absolute atomic E-state index is 0.124. The van der Waals surface area contributed by atoms with Gasteiger partial charge in [0.1, 0.15) is 0 Å². The van der Waals surface area contributed by atoms with Gasteiger partial charge >= 0.3 is 29.6 Å². The lowest BCUT2D eigenvalue weighted by Crippen LogP contribution is -2.84. The quantitative estimate of drug-likeness (QED) is 0.340. The predicted octanol–water partition coefficient (Wildman–Crippen LogP) is 6.62. The molecule has 2 aromatic carbocycles. The summed E-state index contributed by atoms with van der Waals surface area (Å²) in [6, 6.07) is 12.6. The Kier molecular flexibility index (Phi) is 5.35. The Morgan fingerprint density at radius 1 is 0.452 bits per heavy atom.